The zero-order chi connectivity index (χ0) is 15.6. The predicted octanol–water partition coefficient (Wildman–Crippen LogP) is -4.75. The Bertz CT molecular complexity index is 295. The summed E-state index contributed by atoms with van der Waals surface area (Å²) in [7, 11) is -3.80. The first-order chi connectivity index (χ1) is 8.60. The maximum Gasteiger partial charge on any atom is 0.266 e. The lowest BCUT2D eigenvalue weighted by molar-refractivity contribution is -0.123. The fourth-order valence-electron chi connectivity index (χ4n) is 0.820. The van der Waals surface area contributed by atoms with Gasteiger partial charge in [0.2, 0.25) is 0 Å². The Morgan fingerprint density at radius 1 is 0.895 bits per heavy atom. The van der Waals surface area contributed by atoms with Gasteiger partial charge in [0.05, 0.1) is 19.0 Å². The second kappa shape index (κ2) is 10.4. The van der Waals surface area contributed by atoms with Gasteiger partial charge in [0.1, 0.15) is 24.4 Å². The van der Waals surface area contributed by atoms with Crippen LogP contribution in [0.2, 0.25) is 0 Å². The number of aliphatic hydroxyl groups excluding tert-OH is 6. The second-order valence-electron chi connectivity index (χ2n) is 3.56. The maximum atomic E-state index is 9.71. The fraction of sp³-hybridized carbons (Fsp3) is 1.00. The lowest BCUT2D eigenvalue weighted by Crippen LogP contribution is -2.46. The van der Waals surface area contributed by atoms with Crippen molar-refractivity contribution in [3.05, 3.63) is 0 Å². The molecule has 0 bridgehead atoms. The van der Waals surface area contributed by atoms with E-state index in [-0.39, 0.29) is 12.3 Å². The van der Waals surface area contributed by atoms with Crippen LogP contribution in [0.5, 0.6) is 0 Å². The van der Waals surface area contributed by atoms with Crippen LogP contribution in [-0.4, -0.2) is 93.5 Å². The van der Waals surface area contributed by atoms with Gasteiger partial charge in [0, 0.05) is 6.54 Å². The molecule has 0 amide bonds. The van der Waals surface area contributed by atoms with Crippen molar-refractivity contribution in [1.29, 1.82) is 0 Å². The van der Waals surface area contributed by atoms with Gasteiger partial charge in [-0.05, 0) is 0 Å². The van der Waals surface area contributed by atoms with Gasteiger partial charge < -0.3 is 36.4 Å². The highest BCUT2D eigenvalue weighted by atomic mass is 32.2. The lowest BCUT2D eigenvalue weighted by atomic mass is 10.0. The molecule has 0 radical (unpaired) electrons. The van der Waals surface area contributed by atoms with Crippen molar-refractivity contribution in [3.8, 4) is 0 Å². The summed E-state index contributed by atoms with van der Waals surface area (Å²) in [5.74, 6) is -0.354. The standard InChI is InChI=1S/C6H14O6.C2H7NO3S/c7-1-3(9)5(11)6(12)4(10)2-8;3-1-2-7(4,5)6/h3-12H,1-2H2;1-3H2,(H,4,5,6). The zero-order valence-electron chi connectivity index (χ0n) is 10.1. The van der Waals surface area contributed by atoms with E-state index in [9.17, 15) is 8.42 Å². The molecule has 118 valence electrons. The van der Waals surface area contributed by atoms with E-state index in [1.54, 1.807) is 0 Å². The summed E-state index contributed by atoms with van der Waals surface area (Å²) in [6.45, 7) is -1.48. The minimum absolute atomic E-state index is 0.0289. The molecule has 0 heterocycles. The molecule has 9 N–H and O–H groups in total. The Labute approximate surface area is 110 Å². The van der Waals surface area contributed by atoms with Crippen LogP contribution in [0, 0.1) is 0 Å². The van der Waals surface area contributed by atoms with Crippen molar-refractivity contribution in [2.75, 3.05) is 25.5 Å². The fourth-order valence-corrected chi connectivity index (χ4v) is 1.12. The lowest BCUT2D eigenvalue weighted by Gasteiger charge is -2.24. The summed E-state index contributed by atoms with van der Waals surface area (Å²) in [6.07, 6.45) is -6.39. The average Bonchev–Trinajstić information content (AvgIpc) is 2.34. The summed E-state index contributed by atoms with van der Waals surface area (Å²) in [5, 5.41) is 52.2. The van der Waals surface area contributed by atoms with E-state index < -0.39 is 47.7 Å². The molecule has 0 fully saturated rings. The van der Waals surface area contributed by atoms with E-state index >= 15 is 0 Å². The zero-order valence-corrected chi connectivity index (χ0v) is 10.9. The van der Waals surface area contributed by atoms with Crippen molar-refractivity contribution in [3.63, 3.8) is 0 Å². The van der Waals surface area contributed by atoms with Crippen LogP contribution in [0.4, 0.5) is 0 Å². The van der Waals surface area contributed by atoms with Crippen LogP contribution >= 0.6 is 0 Å². The molecule has 11 heteroatoms. The molecule has 0 aliphatic carbocycles. The Kier molecular flexibility index (Phi) is 11.5. The van der Waals surface area contributed by atoms with E-state index in [4.69, 9.17) is 40.9 Å². The first-order valence-electron chi connectivity index (χ1n) is 5.19. The molecule has 0 saturated carbocycles. The highest BCUT2D eigenvalue weighted by Gasteiger charge is 2.29. The van der Waals surface area contributed by atoms with Crippen LogP contribution < -0.4 is 5.73 Å². The molecular formula is C8H21NO9S. The molecule has 0 aromatic heterocycles. The van der Waals surface area contributed by atoms with Crippen molar-refractivity contribution in [1.82, 2.24) is 0 Å². The van der Waals surface area contributed by atoms with Crippen LogP contribution in [0.1, 0.15) is 0 Å². The van der Waals surface area contributed by atoms with Gasteiger partial charge in [-0.1, -0.05) is 0 Å². The number of nitrogens with two attached hydrogens (primary N) is 1. The smallest absolute Gasteiger partial charge is 0.266 e. The topological polar surface area (TPSA) is 202 Å². The summed E-state index contributed by atoms with van der Waals surface area (Å²) in [5.41, 5.74) is 4.78. The molecule has 10 nitrogen and oxygen atoms in total. The van der Waals surface area contributed by atoms with Crippen LogP contribution in [0.3, 0.4) is 0 Å². The van der Waals surface area contributed by atoms with Gasteiger partial charge >= 0.3 is 0 Å². The highest BCUT2D eigenvalue weighted by Crippen LogP contribution is 2.03. The predicted molar refractivity (Wildman–Crippen MR) is 63.7 cm³/mol. The van der Waals surface area contributed by atoms with Crippen molar-refractivity contribution in [2.24, 2.45) is 5.73 Å². The van der Waals surface area contributed by atoms with E-state index in [1.165, 1.54) is 0 Å². The Morgan fingerprint density at radius 3 is 1.32 bits per heavy atom. The van der Waals surface area contributed by atoms with E-state index in [2.05, 4.69) is 0 Å². The quantitative estimate of drug-likeness (QED) is 0.211. The molecular weight excluding hydrogens is 286 g/mol. The molecule has 0 aliphatic rings. The monoisotopic (exact) mass is 307 g/mol. The van der Waals surface area contributed by atoms with Gasteiger partial charge in [-0.15, -0.1) is 0 Å². The molecule has 0 rings (SSSR count). The van der Waals surface area contributed by atoms with Gasteiger partial charge in [0.25, 0.3) is 10.1 Å². The molecule has 0 aromatic carbocycles. The molecule has 4 unspecified atom stereocenters. The maximum absolute atomic E-state index is 9.71. The van der Waals surface area contributed by atoms with E-state index in [0.717, 1.165) is 0 Å². The third-order valence-corrected chi connectivity index (χ3v) is 2.64. The molecule has 0 aromatic rings. The Hall–Kier alpha value is -0.370. The van der Waals surface area contributed by atoms with Gasteiger partial charge in [-0.3, -0.25) is 4.55 Å². The van der Waals surface area contributed by atoms with Crippen LogP contribution in [0.15, 0.2) is 0 Å². The molecule has 19 heavy (non-hydrogen) atoms. The normalized spacial score (nSPS) is 17.9. The SMILES string of the molecule is NCCS(=O)(=O)O.OCC(O)C(O)C(O)C(O)CO. The second-order valence-corrected chi connectivity index (χ2v) is 5.13. The van der Waals surface area contributed by atoms with Crippen molar-refractivity contribution in [2.45, 2.75) is 24.4 Å². The van der Waals surface area contributed by atoms with Gasteiger partial charge in [0.15, 0.2) is 0 Å². The number of hydrogen-bond acceptors (Lipinski definition) is 9. The average molecular weight is 307 g/mol. The van der Waals surface area contributed by atoms with Crippen molar-refractivity contribution < 1.29 is 43.6 Å². The minimum atomic E-state index is -3.80. The van der Waals surface area contributed by atoms with Gasteiger partial charge in [-0.25, -0.2) is 0 Å². The number of hydrogen-bond donors (Lipinski definition) is 8. The van der Waals surface area contributed by atoms with E-state index in [0.29, 0.717) is 0 Å². The summed E-state index contributed by atoms with van der Waals surface area (Å²) in [4.78, 5) is 0. The molecule has 4 atom stereocenters. The van der Waals surface area contributed by atoms with Crippen LogP contribution in [-0.2, 0) is 10.1 Å². The Morgan fingerprint density at radius 2 is 1.21 bits per heavy atom. The summed E-state index contributed by atoms with van der Waals surface area (Å²) in [6, 6.07) is 0. The third kappa shape index (κ3) is 11.2. The summed E-state index contributed by atoms with van der Waals surface area (Å²) >= 11 is 0. The number of aliphatic hydroxyl groups is 6. The molecule has 0 spiro atoms. The highest BCUT2D eigenvalue weighted by molar-refractivity contribution is 7.85. The molecule has 0 saturated heterocycles. The van der Waals surface area contributed by atoms with E-state index in [1.807, 2.05) is 0 Å². The first kappa shape index (κ1) is 20.9. The number of rotatable bonds is 7. The third-order valence-electron chi connectivity index (χ3n) is 1.89. The summed E-state index contributed by atoms with van der Waals surface area (Å²) < 4.78 is 27.3. The minimum Gasteiger partial charge on any atom is -0.394 e. The Balaban J connectivity index is 0. The first-order valence-corrected chi connectivity index (χ1v) is 6.80. The molecule has 0 aliphatic heterocycles. The largest absolute Gasteiger partial charge is 0.394 e. The van der Waals surface area contributed by atoms with Gasteiger partial charge in [-0.2, -0.15) is 8.42 Å². The van der Waals surface area contributed by atoms with Crippen molar-refractivity contribution >= 4 is 10.1 Å². The van der Waals surface area contributed by atoms with Crippen LogP contribution in [0.25, 0.3) is 0 Å².